The van der Waals surface area contributed by atoms with Gasteiger partial charge in [-0.15, -0.1) is 11.3 Å². The van der Waals surface area contributed by atoms with Crippen molar-refractivity contribution < 1.29 is 13.2 Å². The van der Waals surface area contributed by atoms with Crippen LogP contribution in [0, 0.1) is 0 Å². The predicted molar refractivity (Wildman–Crippen MR) is 80.5 cm³/mol. The first-order chi connectivity index (χ1) is 9.54. The van der Waals surface area contributed by atoms with Gasteiger partial charge in [0.15, 0.2) is 0 Å². The average Bonchev–Trinajstić information content (AvgIpc) is 3.07. The fourth-order valence-electron chi connectivity index (χ4n) is 2.19. The van der Waals surface area contributed by atoms with E-state index >= 15 is 0 Å². The van der Waals surface area contributed by atoms with Gasteiger partial charge in [0.1, 0.15) is 0 Å². The monoisotopic (exact) mass is 318 g/mol. The molecule has 0 radical (unpaired) electrons. The number of hydrogen-bond acceptors (Lipinski definition) is 5. The SMILES string of the molecule is CCNCc1cc(S(=O)(=O)N(C)CC2CCCO2)cs1. The highest BCUT2D eigenvalue weighted by molar-refractivity contribution is 7.89. The number of hydrogen-bond donors (Lipinski definition) is 1. The van der Waals surface area contributed by atoms with Crippen molar-refractivity contribution in [3.8, 4) is 0 Å². The first-order valence-electron chi connectivity index (χ1n) is 6.90. The van der Waals surface area contributed by atoms with Crippen LogP contribution >= 0.6 is 11.3 Å². The molecule has 0 aliphatic carbocycles. The van der Waals surface area contributed by atoms with Crippen molar-refractivity contribution in [2.45, 2.75) is 37.3 Å². The molecule has 1 saturated heterocycles. The van der Waals surface area contributed by atoms with E-state index in [1.165, 1.54) is 15.6 Å². The van der Waals surface area contributed by atoms with Crippen molar-refractivity contribution in [1.82, 2.24) is 9.62 Å². The van der Waals surface area contributed by atoms with Gasteiger partial charge in [-0.25, -0.2) is 8.42 Å². The van der Waals surface area contributed by atoms with Gasteiger partial charge in [0, 0.05) is 37.0 Å². The Balaban J connectivity index is 2.02. The van der Waals surface area contributed by atoms with Gasteiger partial charge in [0.25, 0.3) is 0 Å². The minimum absolute atomic E-state index is 0.0367. The van der Waals surface area contributed by atoms with Gasteiger partial charge in [-0.05, 0) is 25.5 Å². The zero-order chi connectivity index (χ0) is 14.6. The number of nitrogens with one attached hydrogen (secondary N) is 1. The highest BCUT2D eigenvalue weighted by Gasteiger charge is 2.26. The zero-order valence-corrected chi connectivity index (χ0v) is 13.6. The van der Waals surface area contributed by atoms with Gasteiger partial charge >= 0.3 is 0 Å². The third kappa shape index (κ3) is 3.79. The second-order valence-electron chi connectivity index (χ2n) is 4.95. The molecule has 20 heavy (non-hydrogen) atoms. The molecule has 0 spiro atoms. The van der Waals surface area contributed by atoms with Crippen molar-refractivity contribution in [3.05, 3.63) is 16.3 Å². The Morgan fingerprint density at radius 2 is 2.35 bits per heavy atom. The summed E-state index contributed by atoms with van der Waals surface area (Å²) in [5.74, 6) is 0. The summed E-state index contributed by atoms with van der Waals surface area (Å²) in [5, 5.41) is 4.92. The molecule has 5 nitrogen and oxygen atoms in total. The largest absolute Gasteiger partial charge is 0.377 e. The van der Waals surface area contributed by atoms with Crippen molar-refractivity contribution in [3.63, 3.8) is 0 Å². The van der Waals surface area contributed by atoms with Crippen LogP contribution in [0.3, 0.4) is 0 Å². The van der Waals surface area contributed by atoms with Crippen molar-refractivity contribution >= 4 is 21.4 Å². The first kappa shape index (κ1) is 15.9. The van der Waals surface area contributed by atoms with Crippen molar-refractivity contribution in [2.75, 3.05) is 26.7 Å². The maximum atomic E-state index is 12.5. The fourth-order valence-corrected chi connectivity index (χ4v) is 4.62. The summed E-state index contributed by atoms with van der Waals surface area (Å²) in [5.41, 5.74) is 0. The standard InChI is InChI=1S/C13H22N2O3S2/c1-3-14-8-12-7-13(10-19-12)20(16,17)15(2)9-11-5-4-6-18-11/h7,10-11,14H,3-6,8-9H2,1-2H3. The van der Waals surface area contributed by atoms with Crippen LogP contribution in [0.5, 0.6) is 0 Å². The van der Waals surface area contributed by atoms with Gasteiger partial charge in [-0.1, -0.05) is 6.92 Å². The van der Waals surface area contributed by atoms with E-state index in [0.717, 1.165) is 30.9 Å². The van der Waals surface area contributed by atoms with E-state index in [1.54, 1.807) is 18.5 Å². The molecule has 1 aliphatic rings. The number of rotatable bonds is 7. The van der Waals surface area contributed by atoms with E-state index in [2.05, 4.69) is 5.32 Å². The van der Waals surface area contributed by atoms with Crippen molar-refractivity contribution in [1.29, 1.82) is 0 Å². The number of thiophene rings is 1. The molecule has 0 amide bonds. The maximum Gasteiger partial charge on any atom is 0.243 e. The van der Waals surface area contributed by atoms with E-state index in [9.17, 15) is 8.42 Å². The van der Waals surface area contributed by atoms with Crippen LogP contribution in [-0.2, 0) is 21.3 Å². The Labute approximate surface area is 125 Å². The number of sulfonamides is 1. The van der Waals surface area contributed by atoms with Crippen LogP contribution in [0.2, 0.25) is 0 Å². The second kappa shape index (κ2) is 7.00. The van der Waals surface area contributed by atoms with Gasteiger partial charge in [-0.2, -0.15) is 4.31 Å². The summed E-state index contributed by atoms with van der Waals surface area (Å²) in [4.78, 5) is 1.42. The van der Waals surface area contributed by atoms with Gasteiger partial charge in [-0.3, -0.25) is 0 Å². The summed E-state index contributed by atoms with van der Waals surface area (Å²) < 4.78 is 31.8. The average molecular weight is 318 g/mol. The quantitative estimate of drug-likeness (QED) is 0.830. The molecule has 1 unspecified atom stereocenters. The zero-order valence-electron chi connectivity index (χ0n) is 12.0. The van der Waals surface area contributed by atoms with Gasteiger partial charge in [0.2, 0.25) is 10.0 Å². The summed E-state index contributed by atoms with van der Waals surface area (Å²) in [7, 11) is -1.77. The summed E-state index contributed by atoms with van der Waals surface area (Å²) in [6.07, 6.45) is 1.99. The molecule has 1 fully saturated rings. The first-order valence-corrected chi connectivity index (χ1v) is 9.22. The van der Waals surface area contributed by atoms with E-state index in [-0.39, 0.29) is 6.10 Å². The van der Waals surface area contributed by atoms with E-state index < -0.39 is 10.0 Å². The summed E-state index contributed by atoms with van der Waals surface area (Å²) in [6.45, 7) is 4.79. The molecule has 2 heterocycles. The molecule has 1 aromatic heterocycles. The van der Waals surface area contributed by atoms with E-state index in [4.69, 9.17) is 4.74 Å². The Kier molecular flexibility index (Phi) is 5.57. The summed E-state index contributed by atoms with van der Waals surface area (Å²) >= 11 is 1.48. The smallest absolute Gasteiger partial charge is 0.243 e. The highest BCUT2D eigenvalue weighted by Crippen LogP contribution is 2.23. The normalized spacial score (nSPS) is 19.9. The van der Waals surface area contributed by atoms with Crippen LogP contribution in [-0.4, -0.2) is 45.6 Å². The molecule has 0 bridgehead atoms. The number of nitrogens with zero attached hydrogens (tertiary/aromatic N) is 1. The topological polar surface area (TPSA) is 58.6 Å². The lowest BCUT2D eigenvalue weighted by molar-refractivity contribution is 0.0979. The molecule has 1 N–H and O–H groups in total. The summed E-state index contributed by atoms with van der Waals surface area (Å²) in [6, 6.07) is 1.76. The molecule has 1 atom stereocenters. The van der Waals surface area contributed by atoms with Crippen LogP contribution in [0.15, 0.2) is 16.3 Å². The number of ether oxygens (including phenoxy) is 1. The third-order valence-corrected chi connectivity index (χ3v) is 6.26. The minimum Gasteiger partial charge on any atom is -0.377 e. The Morgan fingerprint density at radius 3 is 3.00 bits per heavy atom. The molecule has 2 rings (SSSR count). The molecular weight excluding hydrogens is 296 g/mol. The highest BCUT2D eigenvalue weighted by atomic mass is 32.2. The lowest BCUT2D eigenvalue weighted by atomic mass is 10.2. The predicted octanol–water partition coefficient (Wildman–Crippen LogP) is 1.66. The number of likely N-dealkylation sites (N-methyl/N-ethyl adjacent to an activating group) is 1. The van der Waals surface area contributed by atoms with Crippen LogP contribution < -0.4 is 5.32 Å². The fraction of sp³-hybridized carbons (Fsp3) is 0.692. The van der Waals surface area contributed by atoms with Gasteiger partial charge < -0.3 is 10.1 Å². The minimum atomic E-state index is -3.39. The van der Waals surface area contributed by atoms with Crippen LogP contribution in [0.4, 0.5) is 0 Å². The van der Waals surface area contributed by atoms with Crippen LogP contribution in [0.1, 0.15) is 24.6 Å². The molecule has 1 aliphatic heterocycles. The molecule has 0 saturated carbocycles. The third-order valence-electron chi connectivity index (χ3n) is 3.37. The Hall–Kier alpha value is -0.470. The van der Waals surface area contributed by atoms with Crippen molar-refractivity contribution in [2.24, 2.45) is 0 Å². The molecule has 7 heteroatoms. The molecule has 114 valence electrons. The van der Waals surface area contributed by atoms with Crippen LogP contribution in [0.25, 0.3) is 0 Å². The second-order valence-corrected chi connectivity index (χ2v) is 7.99. The van der Waals surface area contributed by atoms with E-state index in [1.807, 2.05) is 6.92 Å². The van der Waals surface area contributed by atoms with E-state index in [0.29, 0.717) is 18.0 Å². The lowest BCUT2D eigenvalue weighted by Gasteiger charge is -2.19. The Bertz CT molecular complexity index is 521. The maximum absolute atomic E-state index is 12.5. The molecule has 0 aromatic carbocycles. The molecular formula is C13H22N2O3S2. The van der Waals surface area contributed by atoms with Gasteiger partial charge in [0.05, 0.1) is 11.0 Å². The molecule has 1 aromatic rings. The Morgan fingerprint density at radius 1 is 1.55 bits per heavy atom. The lowest BCUT2D eigenvalue weighted by Crippen LogP contribution is -2.33.